The number of hydrogen-bond donors (Lipinski definition) is 1. The first-order valence-corrected chi connectivity index (χ1v) is 6.92. The van der Waals surface area contributed by atoms with Gasteiger partial charge in [-0.15, -0.1) is 5.10 Å². The third kappa shape index (κ3) is 4.18. The first-order valence-electron chi connectivity index (χ1n) is 6.54. The molecule has 4 nitrogen and oxygen atoms in total. The molecule has 0 saturated carbocycles. The third-order valence-electron chi connectivity index (χ3n) is 2.74. The summed E-state index contributed by atoms with van der Waals surface area (Å²) >= 11 is 5.97. The van der Waals surface area contributed by atoms with Crippen molar-refractivity contribution >= 4 is 11.6 Å². The monoisotopic (exact) mass is 291 g/mol. The zero-order valence-electron chi connectivity index (χ0n) is 11.9. The summed E-state index contributed by atoms with van der Waals surface area (Å²) in [6.45, 7) is 6.81. The summed E-state index contributed by atoms with van der Waals surface area (Å²) in [5.41, 5.74) is 1.85. The van der Waals surface area contributed by atoms with E-state index in [0.717, 1.165) is 16.3 Å². The van der Waals surface area contributed by atoms with Crippen LogP contribution in [0.2, 0.25) is 5.02 Å². The van der Waals surface area contributed by atoms with Gasteiger partial charge in [0.15, 0.2) is 0 Å². The summed E-state index contributed by atoms with van der Waals surface area (Å²) in [4.78, 5) is 0. The van der Waals surface area contributed by atoms with E-state index in [1.807, 2.05) is 31.2 Å². The van der Waals surface area contributed by atoms with E-state index < -0.39 is 0 Å². The largest absolute Gasteiger partial charge is 0.438 e. The normalized spacial score (nSPS) is 10.8. The second kappa shape index (κ2) is 6.68. The first kappa shape index (κ1) is 14.8. The van der Waals surface area contributed by atoms with E-state index in [1.54, 1.807) is 6.07 Å². The van der Waals surface area contributed by atoms with E-state index in [0.29, 0.717) is 24.2 Å². The van der Waals surface area contributed by atoms with Gasteiger partial charge < -0.3 is 10.1 Å². The number of aromatic nitrogens is 2. The molecular weight excluding hydrogens is 274 g/mol. The van der Waals surface area contributed by atoms with Crippen LogP contribution in [0.4, 0.5) is 0 Å². The fraction of sp³-hybridized carbons (Fsp3) is 0.333. The molecule has 2 rings (SSSR count). The molecule has 0 aliphatic heterocycles. The average molecular weight is 292 g/mol. The smallest absolute Gasteiger partial charge is 0.238 e. The van der Waals surface area contributed by atoms with Crippen molar-refractivity contribution < 1.29 is 4.74 Å². The molecule has 5 heteroatoms. The van der Waals surface area contributed by atoms with Gasteiger partial charge in [-0.2, -0.15) is 5.10 Å². The summed E-state index contributed by atoms with van der Waals surface area (Å²) in [5.74, 6) is 1.18. The SMILES string of the molecule is Cc1cc(Oc2ccc(CNC(C)C)nn2)ccc1Cl. The molecule has 0 saturated heterocycles. The quantitative estimate of drug-likeness (QED) is 0.912. The highest BCUT2D eigenvalue weighted by Gasteiger charge is 2.03. The number of halogens is 1. The van der Waals surface area contributed by atoms with Crippen molar-refractivity contribution in [2.75, 3.05) is 0 Å². The number of benzene rings is 1. The van der Waals surface area contributed by atoms with Gasteiger partial charge >= 0.3 is 0 Å². The molecule has 1 heterocycles. The Kier molecular flexibility index (Phi) is 4.93. The molecule has 0 atom stereocenters. The van der Waals surface area contributed by atoms with Crippen LogP contribution in [0.25, 0.3) is 0 Å². The van der Waals surface area contributed by atoms with Crippen molar-refractivity contribution in [2.45, 2.75) is 33.4 Å². The van der Waals surface area contributed by atoms with Gasteiger partial charge in [0.05, 0.1) is 5.69 Å². The van der Waals surface area contributed by atoms with Crippen LogP contribution in [0.5, 0.6) is 11.6 Å². The Hall–Kier alpha value is -1.65. The molecule has 0 fully saturated rings. The molecule has 1 N–H and O–H groups in total. The summed E-state index contributed by atoms with van der Waals surface area (Å²) in [6, 6.07) is 9.63. The fourth-order valence-corrected chi connectivity index (χ4v) is 1.72. The Morgan fingerprint density at radius 2 is 2.00 bits per heavy atom. The van der Waals surface area contributed by atoms with Crippen LogP contribution >= 0.6 is 11.6 Å². The van der Waals surface area contributed by atoms with Crippen LogP contribution in [-0.4, -0.2) is 16.2 Å². The predicted molar refractivity (Wildman–Crippen MR) is 80.3 cm³/mol. The molecule has 0 amide bonds. The van der Waals surface area contributed by atoms with E-state index in [4.69, 9.17) is 16.3 Å². The Bertz CT molecular complexity index is 570. The molecule has 0 aliphatic rings. The van der Waals surface area contributed by atoms with Gasteiger partial charge in [-0.25, -0.2) is 0 Å². The number of aryl methyl sites for hydroxylation is 1. The van der Waals surface area contributed by atoms with E-state index in [1.165, 1.54) is 0 Å². The van der Waals surface area contributed by atoms with Gasteiger partial charge in [0.2, 0.25) is 5.88 Å². The predicted octanol–water partition coefficient (Wildman–Crippen LogP) is 3.73. The van der Waals surface area contributed by atoms with E-state index in [-0.39, 0.29) is 0 Å². The third-order valence-corrected chi connectivity index (χ3v) is 3.16. The maximum absolute atomic E-state index is 5.97. The number of nitrogens with one attached hydrogen (secondary N) is 1. The Morgan fingerprint density at radius 3 is 2.60 bits per heavy atom. The minimum atomic E-state index is 0.421. The van der Waals surface area contributed by atoms with Crippen LogP contribution in [0.3, 0.4) is 0 Å². The second-order valence-corrected chi connectivity index (χ2v) is 5.32. The zero-order valence-corrected chi connectivity index (χ0v) is 12.6. The van der Waals surface area contributed by atoms with Crippen LogP contribution in [0, 0.1) is 6.92 Å². The van der Waals surface area contributed by atoms with Gasteiger partial charge in [0, 0.05) is 23.7 Å². The standard InChI is InChI=1S/C15H18ClN3O/c1-10(2)17-9-12-4-7-15(19-18-12)20-13-5-6-14(16)11(3)8-13/h4-8,10,17H,9H2,1-3H3. The van der Waals surface area contributed by atoms with Gasteiger partial charge in [0.25, 0.3) is 0 Å². The van der Waals surface area contributed by atoms with E-state index in [2.05, 4.69) is 29.4 Å². The average Bonchev–Trinajstić information content (AvgIpc) is 2.42. The lowest BCUT2D eigenvalue weighted by molar-refractivity contribution is 0.452. The minimum absolute atomic E-state index is 0.421. The highest BCUT2D eigenvalue weighted by molar-refractivity contribution is 6.31. The van der Waals surface area contributed by atoms with Crippen LogP contribution in [0.1, 0.15) is 25.1 Å². The van der Waals surface area contributed by atoms with E-state index in [9.17, 15) is 0 Å². The molecule has 0 unspecified atom stereocenters. The van der Waals surface area contributed by atoms with Crippen molar-refractivity contribution in [3.63, 3.8) is 0 Å². The summed E-state index contributed by atoms with van der Waals surface area (Å²) < 4.78 is 5.64. The maximum atomic E-state index is 5.97. The molecule has 1 aromatic heterocycles. The van der Waals surface area contributed by atoms with Crippen molar-refractivity contribution in [1.82, 2.24) is 15.5 Å². The van der Waals surface area contributed by atoms with Crippen LogP contribution in [0.15, 0.2) is 30.3 Å². The molecule has 0 spiro atoms. The van der Waals surface area contributed by atoms with Gasteiger partial charge in [0.1, 0.15) is 5.75 Å². The highest BCUT2D eigenvalue weighted by atomic mass is 35.5. The van der Waals surface area contributed by atoms with Crippen molar-refractivity contribution in [1.29, 1.82) is 0 Å². The molecular formula is C15H18ClN3O. The Balaban J connectivity index is 2.01. The summed E-state index contributed by atoms with van der Waals surface area (Å²) in [6.07, 6.45) is 0. The number of rotatable bonds is 5. The Labute approximate surface area is 124 Å². The summed E-state index contributed by atoms with van der Waals surface area (Å²) in [7, 11) is 0. The molecule has 0 radical (unpaired) electrons. The molecule has 106 valence electrons. The Morgan fingerprint density at radius 1 is 1.20 bits per heavy atom. The number of nitrogens with zero attached hydrogens (tertiary/aromatic N) is 2. The molecule has 1 aromatic carbocycles. The zero-order chi connectivity index (χ0) is 14.5. The molecule has 2 aromatic rings. The highest BCUT2D eigenvalue weighted by Crippen LogP contribution is 2.24. The maximum Gasteiger partial charge on any atom is 0.238 e. The summed E-state index contributed by atoms with van der Waals surface area (Å²) in [5, 5.41) is 12.2. The van der Waals surface area contributed by atoms with Crippen molar-refractivity contribution in [2.24, 2.45) is 0 Å². The second-order valence-electron chi connectivity index (χ2n) is 4.91. The first-order chi connectivity index (χ1) is 9.54. The minimum Gasteiger partial charge on any atom is -0.438 e. The van der Waals surface area contributed by atoms with E-state index >= 15 is 0 Å². The lowest BCUT2D eigenvalue weighted by Gasteiger charge is -2.08. The lowest BCUT2D eigenvalue weighted by Crippen LogP contribution is -2.22. The molecule has 0 aliphatic carbocycles. The number of hydrogen-bond acceptors (Lipinski definition) is 4. The van der Waals surface area contributed by atoms with Crippen LogP contribution in [-0.2, 0) is 6.54 Å². The van der Waals surface area contributed by atoms with Crippen molar-refractivity contribution in [3.8, 4) is 11.6 Å². The number of ether oxygens (including phenoxy) is 1. The topological polar surface area (TPSA) is 47.0 Å². The lowest BCUT2D eigenvalue weighted by atomic mass is 10.2. The fourth-order valence-electron chi connectivity index (χ4n) is 1.61. The van der Waals surface area contributed by atoms with Crippen LogP contribution < -0.4 is 10.1 Å². The van der Waals surface area contributed by atoms with Gasteiger partial charge in [-0.3, -0.25) is 0 Å². The van der Waals surface area contributed by atoms with Gasteiger partial charge in [-0.05, 0) is 36.8 Å². The molecule has 20 heavy (non-hydrogen) atoms. The van der Waals surface area contributed by atoms with Gasteiger partial charge in [-0.1, -0.05) is 25.4 Å². The van der Waals surface area contributed by atoms with Crippen molar-refractivity contribution in [3.05, 3.63) is 46.6 Å². The molecule has 0 bridgehead atoms.